The van der Waals surface area contributed by atoms with E-state index in [9.17, 15) is 14.8 Å². The predicted octanol–water partition coefficient (Wildman–Crippen LogP) is 4.99. The third-order valence-electron chi connectivity index (χ3n) is 3.38. The Balaban J connectivity index is 2.44. The van der Waals surface area contributed by atoms with E-state index >= 15 is 0 Å². The Labute approximate surface area is 139 Å². The van der Waals surface area contributed by atoms with Gasteiger partial charge in [-0.25, -0.2) is 0 Å². The van der Waals surface area contributed by atoms with Crippen LogP contribution in [-0.4, -0.2) is 11.0 Å². The van der Waals surface area contributed by atoms with Crippen LogP contribution < -0.4 is 5.32 Å². The van der Waals surface area contributed by atoms with Crippen LogP contribution in [-0.2, 0) is 5.41 Å². The van der Waals surface area contributed by atoms with Gasteiger partial charge < -0.3 is 10.4 Å². The van der Waals surface area contributed by atoms with E-state index in [1.165, 1.54) is 12.1 Å². The summed E-state index contributed by atoms with van der Waals surface area (Å²) in [5, 5.41) is 16.2. The average Bonchev–Trinajstić information content (AvgIpc) is 2.48. The number of para-hydroxylation sites is 1. The number of nitrogens with zero attached hydrogens (tertiary/aromatic N) is 1. The van der Waals surface area contributed by atoms with Gasteiger partial charge in [0.2, 0.25) is 0 Å². The van der Waals surface area contributed by atoms with E-state index < -0.39 is 5.91 Å². The van der Waals surface area contributed by atoms with Crippen molar-refractivity contribution in [1.82, 2.24) is 0 Å². The van der Waals surface area contributed by atoms with Crippen LogP contribution in [0.4, 0.5) is 11.4 Å². The lowest BCUT2D eigenvalue weighted by Gasteiger charge is -2.22. The summed E-state index contributed by atoms with van der Waals surface area (Å²) in [6.45, 7) is 5.73. The maximum Gasteiger partial charge on any atom is 0.259 e. The molecule has 0 saturated heterocycles. The number of halogens is 1. The topological polar surface area (TPSA) is 78.8 Å². The molecule has 5 nitrogen and oxygen atoms in total. The SMILES string of the molecule is CC(C)(C)c1cc(Cl)cc(C(=O)Nc2ccccc2N=O)c1O. The second kappa shape index (κ2) is 6.38. The summed E-state index contributed by atoms with van der Waals surface area (Å²) in [6.07, 6.45) is 0. The number of rotatable bonds is 3. The van der Waals surface area contributed by atoms with Crippen molar-refractivity contribution in [2.75, 3.05) is 5.32 Å². The quantitative estimate of drug-likeness (QED) is 0.777. The van der Waals surface area contributed by atoms with Gasteiger partial charge in [0.15, 0.2) is 0 Å². The molecule has 2 rings (SSSR count). The van der Waals surface area contributed by atoms with Crippen LogP contribution in [0.1, 0.15) is 36.7 Å². The molecule has 0 heterocycles. The van der Waals surface area contributed by atoms with Crippen molar-refractivity contribution < 1.29 is 9.90 Å². The first-order valence-corrected chi connectivity index (χ1v) is 7.38. The minimum atomic E-state index is -0.563. The first-order valence-electron chi connectivity index (χ1n) is 7.00. The van der Waals surface area contributed by atoms with Crippen LogP contribution in [0.5, 0.6) is 5.75 Å². The maximum atomic E-state index is 12.5. The van der Waals surface area contributed by atoms with Crippen LogP contribution in [0.15, 0.2) is 41.6 Å². The number of anilines is 1. The van der Waals surface area contributed by atoms with E-state index in [0.29, 0.717) is 10.6 Å². The monoisotopic (exact) mass is 332 g/mol. The largest absolute Gasteiger partial charge is 0.507 e. The zero-order valence-corrected chi connectivity index (χ0v) is 13.8. The minimum Gasteiger partial charge on any atom is -0.507 e. The van der Waals surface area contributed by atoms with Gasteiger partial charge in [0.05, 0.1) is 11.3 Å². The standard InChI is InChI=1S/C17H17ClN2O3/c1-17(2,3)12-9-10(18)8-11(15(12)21)16(22)19-13-6-4-5-7-14(13)20-23/h4-9,21H,1-3H3,(H,19,22). The number of hydrogen-bond acceptors (Lipinski definition) is 4. The van der Waals surface area contributed by atoms with E-state index in [2.05, 4.69) is 10.5 Å². The number of phenols is 1. The Morgan fingerprint density at radius 1 is 1.22 bits per heavy atom. The molecule has 0 spiro atoms. The molecule has 0 atom stereocenters. The highest BCUT2D eigenvalue weighted by atomic mass is 35.5. The molecule has 0 aromatic heterocycles. The molecular formula is C17H17ClN2O3. The van der Waals surface area contributed by atoms with Gasteiger partial charge in [0.25, 0.3) is 5.91 Å². The first kappa shape index (κ1) is 17.0. The normalized spacial score (nSPS) is 11.1. The zero-order valence-electron chi connectivity index (χ0n) is 13.1. The van der Waals surface area contributed by atoms with E-state index in [1.807, 2.05) is 20.8 Å². The van der Waals surface area contributed by atoms with Crippen molar-refractivity contribution in [3.05, 3.63) is 57.5 Å². The van der Waals surface area contributed by atoms with E-state index in [1.54, 1.807) is 24.3 Å². The van der Waals surface area contributed by atoms with Crippen molar-refractivity contribution in [1.29, 1.82) is 0 Å². The molecule has 2 N–H and O–H groups in total. The summed E-state index contributed by atoms with van der Waals surface area (Å²) in [6, 6.07) is 9.37. The third kappa shape index (κ3) is 3.68. The van der Waals surface area contributed by atoms with Gasteiger partial charge in [-0.2, -0.15) is 0 Å². The number of carbonyl (C=O) groups excluding carboxylic acids is 1. The molecule has 0 radical (unpaired) electrons. The van der Waals surface area contributed by atoms with Gasteiger partial charge in [0, 0.05) is 10.6 Å². The van der Waals surface area contributed by atoms with Crippen molar-refractivity contribution >= 4 is 28.9 Å². The van der Waals surface area contributed by atoms with Gasteiger partial charge in [-0.15, -0.1) is 4.91 Å². The van der Waals surface area contributed by atoms with Gasteiger partial charge >= 0.3 is 0 Å². The minimum absolute atomic E-state index is 0.0446. The summed E-state index contributed by atoms with van der Waals surface area (Å²) in [5.74, 6) is -0.692. The summed E-state index contributed by atoms with van der Waals surface area (Å²) < 4.78 is 0. The second-order valence-electron chi connectivity index (χ2n) is 6.16. The van der Waals surface area contributed by atoms with Crippen LogP contribution in [0.2, 0.25) is 5.02 Å². The van der Waals surface area contributed by atoms with Crippen LogP contribution in [0, 0.1) is 4.91 Å². The Morgan fingerprint density at radius 2 is 1.87 bits per heavy atom. The number of nitrogens with one attached hydrogen (secondary N) is 1. The summed E-state index contributed by atoms with van der Waals surface area (Å²) in [7, 11) is 0. The molecule has 0 unspecified atom stereocenters. The summed E-state index contributed by atoms with van der Waals surface area (Å²) >= 11 is 6.07. The van der Waals surface area contributed by atoms with Crippen molar-refractivity contribution in [3.8, 4) is 5.75 Å². The molecule has 0 bridgehead atoms. The van der Waals surface area contributed by atoms with Crippen LogP contribution in [0.3, 0.4) is 0 Å². The highest BCUT2D eigenvalue weighted by molar-refractivity contribution is 6.31. The molecular weight excluding hydrogens is 316 g/mol. The van der Waals surface area contributed by atoms with Gasteiger partial charge in [0.1, 0.15) is 11.4 Å². The smallest absolute Gasteiger partial charge is 0.259 e. The molecule has 0 aliphatic carbocycles. The Kier molecular flexibility index (Phi) is 4.71. The summed E-state index contributed by atoms with van der Waals surface area (Å²) in [4.78, 5) is 23.2. The molecule has 0 aliphatic heterocycles. The molecule has 0 saturated carbocycles. The summed E-state index contributed by atoms with van der Waals surface area (Å²) in [5.41, 5.74) is 0.606. The molecule has 6 heteroatoms. The molecule has 0 fully saturated rings. The molecule has 2 aromatic carbocycles. The van der Waals surface area contributed by atoms with Crippen LogP contribution in [0.25, 0.3) is 0 Å². The number of benzene rings is 2. The highest BCUT2D eigenvalue weighted by Gasteiger charge is 2.24. The van der Waals surface area contributed by atoms with Crippen LogP contribution >= 0.6 is 11.6 Å². The first-order chi connectivity index (χ1) is 10.7. The van der Waals surface area contributed by atoms with Crippen molar-refractivity contribution in [2.45, 2.75) is 26.2 Å². The number of nitroso groups, excluding NO2 is 1. The Bertz CT molecular complexity index is 767. The number of hydrogen-bond donors (Lipinski definition) is 2. The second-order valence-corrected chi connectivity index (χ2v) is 6.60. The van der Waals surface area contributed by atoms with Crippen molar-refractivity contribution in [2.24, 2.45) is 5.18 Å². The average molecular weight is 333 g/mol. The number of aromatic hydroxyl groups is 1. The highest BCUT2D eigenvalue weighted by Crippen LogP contribution is 2.36. The fourth-order valence-electron chi connectivity index (χ4n) is 2.19. The van der Waals surface area contributed by atoms with Crippen molar-refractivity contribution in [3.63, 3.8) is 0 Å². The van der Waals surface area contributed by atoms with Gasteiger partial charge in [-0.3, -0.25) is 4.79 Å². The maximum absolute atomic E-state index is 12.5. The third-order valence-corrected chi connectivity index (χ3v) is 3.60. The Hall–Kier alpha value is -2.40. The lowest BCUT2D eigenvalue weighted by atomic mass is 9.85. The van der Waals surface area contributed by atoms with Gasteiger partial charge in [-0.1, -0.05) is 44.5 Å². The fraction of sp³-hybridized carbons (Fsp3) is 0.235. The molecule has 120 valence electrons. The number of phenolic OH excluding ortho intramolecular Hbond substituents is 1. The lowest BCUT2D eigenvalue weighted by molar-refractivity contribution is 0.102. The molecule has 1 amide bonds. The van der Waals surface area contributed by atoms with E-state index in [4.69, 9.17) is 11.6 Å². The molecule has 2 aromatic rings. The van der Waals surface area contributed by atoms with E-state index in [0.717, 1.165) is 0 Å². The Morgan fingerprint density at radius 3 is 2.48 bits per heavy atom. The lowest BCUT2D eigenvalue weighted by Crippen LogP contribution is -2.16. The van der Waals surface area contributed by atoms with Gasteiger partial charge in [-0.05, 0) is 34.9 Å². The number of carbonyl (C=O) groups is 1. The molecule has 23 heavy (non-hydrogen) atoms. The van der Waals surface area contributed by atoms with E-state index in [-0.39, 0.29) is 28.1 Å². The molecule has 0 aliphatic rings. The fourth-order valence-corrected chi connectivity index (χ4v) is 2.41. The predicted molar refractivity (Wildman–Crippen MR) is 91.7 cm³/mol. The number of amides is 1. The zero-order chi connectivity index (χ0) is 17.2.